The second-order valence-corrected chi connectivity index (χ2v) is 8.46. The van der Waals surface area contributed by atoms with Crippen molar-refractivity contribution in [3.8, 4) is 0 Å². The molecule has 1 aliphatic heterocycles. The van der Waals surface area contributed by atoms with Crippen molar-refractivity contribution < 1.29 is 0 Å². The molecule has 1 unspecified atom stereocenters. The molecule has 1 aromatic rings. The highest BCUT2D eigenvalue weighted by Gasteiger charge is 1.96. The normalized spacial score (nSPS) is 16.1. The molecule has 0 saturated carbocycles. The van der Waals surface area contributed by atoms with Crippen molar-refractivity contribution in [2.75, 3.05) is 6.54 Å². The first kappa shape index (κ1) is 20.2. The molecule has 2 rings (SSSR count). The van der Waals surface area contributed by atoms with Crippen molar-refractivity contribution >= 4 is 16.0 Å². The lowest BCUT2D eigenvalue weighted by Gasteiger charge is -2.08. The van der Waals surface area contributed by atoms with E-state index in [-0.39, 0.29) is 10.7 Å². The molecule has 0 fully saturated rings. The van der Waals surface area contributed by atoms with Crippen molar-refractivity contribution in [1.82, 2.24) is 4.72 Å². The van der Waals surface area contributed by atoms with Crippen LogP contribution in [-0.2, 0) is 6.42 Å². The van der Waals surface area contributed by atoms with Crippen LogP contribution in [0.4, 0.5) is 0 Å². The van der Waals surface area contributed by atoms with E-state index >= 15 is 0 Å². The highest BCUT2D eigenvalue weighted by atomic mass is 32.2. The summed E-state index contributed by atoms with van der Waals surface area (Å²) in [6.45, 7) is 1.15. The Hall–Kier alpha value is -1.12. The summed E-state index contributed by atoms with van der Waals surface area (Å²) >= 11 is 0. The summed E-state index contributed by atoms with van der Waals surface area (Å²) in [7, 11) is 0.186. The molecular formula is C23H35NS. The second kappa shape index (κ2) is 14.1. The summed E-state index contributed by atoms with van der Waals surface area (Å²) in [5.74, 6) is 0. The molecule has 0 aliphatic carbocycles. The Bertz CT molecular complexity index is 530. The van der Waals surface area contributed by atoms with Gasteiger partial charge in [0.05, 0.1) is 0 Å². The average Bonchev–Trinajstić information content (AvgIpc) is 2.67. The lowest BCUT2D eigenvalue weighted by Crippen LogP contribution is -2.07. The van der Waals surface area contributed by atoms with Gasteiger partial charge in [0, 0.05) is 6.54 Å². The van der Waals surface area contributed by atoms with E-state index in [0.717, 1.165) is 6.54 Å². The molecule has 1 atom stereocenters. The van der Waals surface area contributed by atoms with Crippen LogP contribution in [0.15, 0.2) is 54.0 Å². The zero-order valence-electron chi connectivity index (χ0n) is 15.7. The third kappa shape index (κ3) is 10.5. The van der Waals surface area contributed by atoms with Crippen LogP contribution in [0.1, 0.15) is 69.8 Å². The van der Waals surface area contributed by atoms with E-state index in [1.165, 1.54) is 76.2 Å². The summed E-state index contributed by atoms with van der Waals surface area (Å²) in [6, 6.07) is 10.9. The fourth-order valence-electron chi connectivity index (χ4n) is 3.17. The standard InChI is InChI=1S/C23H35NS/c1(3-5-7-11-17-23-18-12-9-13-19-23)2-4-6-8-14-20-24-25-21-15-10-16-22-25/h9-10,12-13,15-16,18-19,21-22,24H,1-8,11,14,17,20H2. The highest BCUT2D eigenvalue weighted by molar-refractivity contribution is 8.16. The Morgan fingerprint density at radius 3 is 1.92 bits per heavy atom. The maximum absolute atomic E-state index is 3.60. The maximum Gasteiger partial charge on any atom is 0.00568 e. The number of rotatable bonds is 14. The van der Waals surface area contributed by atoms with Gasteiger partial charge in [-0.3, -0.25) is 4.72 Å². The van der Waals surface area contributed by atoms with Crippen LogP contribution in [0, 0.1) is 0 Å². The first-order valence-electron chi connectivity index (χ1n) is 10.1. The molecule has 1 N–H and O–H groups in total. The minimum atomic E-state index is 0.186. The molecular weight excluding hydrogens is 322 g/mol. The van der Waals surface area contributed by atoms with Crippen LogP contribution < -0.4 is 4.72 Å². The zero-order chi connectivity index (χ0) is 17.4. The van der Waals surface area contributed by atoms with E-state index in [0.29, 0.717) is 0 Å². The molecule has 0 amide bonds. The lowest BCUT2D eigenvalue weighted by molar-refractivity contribution is 0.551. The minimum Gasteiger partial charge on any atom is -0.266 e. The molecule has 0 bridgehead atoms. The van der Waals surface area contributed by atoms with Crippen LogP contribution in [0.2, 0.25) is 0 Å². The molecule has 1 aliphatic rings. The van der Waals surface area contributed by atoms with E-state index in [4.69, 9.17) is 0 Å². The first-order chi connectivity index (χ1) is 12.4. The molecule has 0 spiro atoms. The molecule has 0 aromatic heterocycles. The third-order valence-corrected chi connectivity index (χ3v) is 6.11. The van der Waals surface area contributed by atoms with E-state index in [2.05, 4.69) is 64.1 Å². The number of hydrogen-bond donors (Lipinski definition) is 1. The maximum atomic E-state index is 3.60. The number of nitrogens with one attached hydrogen (secondary N) is 1. The lowest BCUT2D eigenvalue weighted by atomic mass is 10.0. The molecule has 0 saturated heterocycles. The van der Waals surface area contributed by atoms with Gasteiger partial charge in [-0.05, 0) is 35.6 Å². The fraction of sp³-hybridized carbons (Fsp3) is 0.522. The van der Waals surface area contributed by atoms with Crippen LogP contribution in [0.25, 0.3) is 0 Å². The number of benzene rings is 1. The van der Waals surface area contributed by atoms with Crippen molar-refractivity contribution in [2.24, 2.45) is 0 Å². The van der Waals surface area contributed by atoms with E-state index in [1.54, 1.807) is 0 Å². The second-order valence-electron chi connectivity index (χ2n) is 6.89. The van der Waals surface area contributed by atoms with E-state index in [9.17, 15) is 0 Å². The van der Waals surface area contributed by atoms with Crippen LogP contribution >= 0.6 is 10.7 Å². The number of allylic oxidation sites excluding steroid dienone is 3. The monoisotopic (exact) mass is 357 g/mol. The molecule has 2 heteroatoms. The zero-order valence-corrected chi connectivity index (χ0v) is 16.5. The molecule has 1 aromatic carbocycles. The summed E-state index contributed by atoms with van der Waals surface area (Å²) < 4.78 is 3.60. The quantitative estimate of drug-likeness (QED) is 0.285. The summed E-state index contributed by atoms with van der Waals surface area (Å²) in [4.78, 5) is 0. The van der Waals surface area contributed by atoms with E-state index < -0.39 is 0 Å². The van der Waals surface area contributed by atoms with Crippen molar-refractivity contribution in [3.63, 3.8) is 0 Å². The van der Waals surface area contributed by atoms with Gasteiger partial charge < -0.3 is 0 Å². The predicted molar refractivity (Wildman–Crippen MR) is 116 cm³/mol. The van der Waals surface area contributed by atoms with Crippen LogP contribution in [-0.4, -0.2) is 11.9 Å². The van der Waals surface area contributed by atoms with Gasteiger partial charge in [0.2, 0.25) is 0 Å². The van der Waals surface area contributed by atoms with Gasteiger partial charge in [0.25, 0.3) is 0 Å². The Morgan fingerprint density at radius 2 is 1.28 bits per heavy atom. The van der Waals surface area contributed by atoms with E-state index in [1.807, 2.05) is 0 Å². The number of hydrogen-bond acceptors (Lipinski definition) is 1. The van der Waals surface area contributed by atoms with Gasteiger partial charge in [-0.2, -0.15) is 0 Å². The van der Waals surface area contributed by atoms with Crippen molar-refractivity contribution in [2.45, 2.75) is 70.6 Å². The number of unbranched alkanes of at least 4 members (excludes halogenated alkanes) is 9. The Labute approximate surface area is 157 Å². The Kier molecular flexibility index (Phi) is 11.4. The third-order valence-electron chi connectivity index (χ3n) is 4.68. The Balaban J connectivity index is 1.29. The van der Waals surface area contributed by atoms with Crippen LogP contribution in [0.3, 0.4) is 0 Å². The minimum absolute atomic E-state index is 0.186. The Morgan fingerprint density at radius 1 is 0.640 bits per heavy atom. The summed E-state index contributed by atoms with van der Waals surface area (Å²) in [5.41, 5.74) is 1.49. The number of aryl methyl sites for hydroxylation is 1. The van der Waals surface area contributed by atoms with Crippen molar-refractivity contribution in [3.05, 3.63) is 59.5 Å². The van der Waals surface area contributed by atoms with Crippen molar-refractivity contribution in [1.29, 1.82) is 0 Å². The fourth-order valence-corrected chi connectivity index (χ4v) is 4.35. The van der Waals surface area contributed by atoms with Gasteiger partial charge in [-0.25, -0.2) is 0 Å². The van der Waals surface area contributed by atoms with Gasteiger partial charge >= 0.3 is 0 Å². The molecule has 138 valence electrons. The molecule has 1 nitrogen and oxygen atoms in total. The summed E-state index contributed by atoms with van der Waals surface area (Å²) in [6.07, 6.45) is 21.6. The average molecular weight is 358 g/mol. The van der Waals surface area contributed by atoms with Gasteiger partial charge in [0.1, 0.15) is 0 Å². The topological polar surface area (TPSA) is 12.0 Å². The summed E-state index contributed by atoms with van der Waals surface area (Å²) in [5, 5.41) is 4.50. The van der Waals surface area contributed by atoms with Gasteiger partial charge in [0.15, 0.2) is 0 Å². The molecule has 25 heavy (non-hydrogen) atoms. The first-order valence-corrected chi connectivity index (χ1v) is 11.5. The van der Waals surface area contributed by atoms with Crippen LogP contribution in [0.5, 0.6) is 0 Å². The smallest absolute Gasteiger partial charge is 0.00568 e. The van der Waals surface area contributed by atoms with Gasteiger partial charge in [-0.15, -0.1) is 0 Å². The predicted octanol–water partition coefficient (Wildman–Crippen LogP) is 6.79. The van der Waals surface area contributed by atoms with Gasteiger partial charge in [-0.1, -0.05) is 111 Å². The highest BCUT2D eigenvalue weighted by Crippen LogP contribution is 2.14. The SMILES string of the molecule is C1=CC=S(NCCCCCCCCCCCCc2ccccc2)C=C1. The largest absolute Gasteiger partial charge is 0.266 e. The molecule has 1 heterocycles. The molecule has 0 radical (unpaired) electrons.